The summed E-state index contributed by atoms with van der Waals surface area (Å²) in [5.74, 6) is -1.41. The first-order valence-electron chi connectivity index (χ1n) is 5.59. The Morgan fingerprint density at radius 3 is 2.65 bits per heavy atom. The number of likely N-dealkylation sites (N-methyl/N-ethyl adjacent to an activating group) is 1. The van der Waals surface area contributed by atoms with Gasteiger partial charge in [-0.15, -0.1) is 11.3 Å². The van der Waals surface area contributed by atoms with Crippen molar-refractivity contribution in [3.05, 3.63) is 11.2 Å². The normalized spacial score (nSPS) is 15.2. The van der Waals surface area contributed by atoms with E-state index < -0.39 is 27.3 Å². The molecule has 0 aliphatic carbocycles. The first-order valence-corrected chi connectivity index (χ1v) is 7.95. The van der Waals surface area contributed by atoms with Crippen molar-refractivity contribution in [1.82, 2.24) is 14.6 Å². The summed E-state index contributed by atoms with van der Waals surface area (Å²) >= 11 is 0.715. The molecule has 0 bridgehead atoms. The number of carboxylic acids is 1. The van der Waals surface area contributed by atoms with Gasteiger partial charge >= 0.3 is 5.97 Å². The molecule has 1 aromatic rings. The quantitative estimate of drug-likeness (QED) is 0.615. The van der Waals surface area contributed by atoms with E-state index in [4.69, 9.17) is 5.11 Å². The first kappa shape index (κ1) is 17.0. The zero-order valence-electron chi connectivity index (χ0n) is 11.3. The molecule has 0 saturated heterocycles. The van der Waals surface area contributed by atoms with Gasteiger partial charge in [0.1, 0.15) is 0 Å². The van der Waals surface area contributed by atoms with E-state index in [0.29, 0.717) is 11.3 Å². The summed E-state index contributed by atoms with van der Waals surface area (Å²) < 4.78 is 25.9. The fourth-order valence-electron chi connectivity index (χ4n) is 1.62. The van der Waals surface area contributed by atoms with Crippen LogP contribution >= 0.6 is 11.3 Å². The lowest BCUT2D eigenvalue weighted by Crippen LogP contribution is -2.47. The molecule has 8 nitrogen and oxygen atoms in total. The number of nitrogens with zero attached hydrogens (tertiary/aromatic N) is 2. The lowest BCUT2D eigenvalue weighted by atomic mass is 10.1. The molecule has 1 aromatic heterocycles. The van der Waals surface area contributed by atoms with Gasteiger partial charge in [-0.3, -0.25) is 0 Å². The van der Waals surface area contributed by atoms with Gasteiger partial charge in [0.2, 0.25) is 0 Å². The van der Waals surface area contributed by atoms with Crippen molar-refractivity contribution in [2.45, 2.75) is 16.7 Å². The smallest absolute Gasteiger partial charge is 0.356 e. The van der Waals surface area contributed by atoms with Gasteiger partial charge in [-0.05, 0) is 21.0 Å². The van der Waals surface area contributed by atoms with Crippen LogP contribution in [0.4, 0.5) is 0 Å². The van der Waals surface area contributed by atoms with Crippen molar-refractivity contribution < 1.29 is 23.4 Å². The van der Waals surface area contributed by atoms with Crippen molar-refractivity contribution in [3.8, 4) is 0 Å². The van der Waals surface area contributed by atoms with E-state index in [1.54, 1.807) is 19.0 Å². The molecule has 10 heteroatoms. The highest BCUT2D eigenvalue weighted by Gasteiger charge is 2.29. The van der Waals surface area contributed by atoms with E-state index in [9.17, 15) is 18.3 Å². The van der Waals surface area contributed by atoms with Crippen LogP contribution in [0.2, 0.25) is 0 Å². The Hall–Kier alpha value is -1.07. The van der Waals surface area contributed by atoms with Crippen LogP contribution in [0.5, 0.6) is 0 Å². The second-order valence-corrected chi connectivity index (χ2v) is 7.67. The highest BCUT2D eigenvalue weighted by Crippen LogP contribution is 2.20. The summed E-state index contributed by atoms with van der Waals surface area (Å²) in [5, 5.41) is 18.9. The molecule has 114 valence electrons. The average Bonchev–Trinajstić information content (AvgIpc) is 2.74. The Labute approximate surface area is 121 Å². The SMILES string of the molecule is CN(C)CC(C)(O)CNS(=O)(=O)c1scnc1C(=O)O. The third-order valence-electron chi connectivity index (χ3n) is 2.28. The van der Waals surface area contributed by atoms with Crippen LogP contribution in [-0.4, -0.2) is 67.3 Å². The van der Waals surface area contributed by atoms with Gasteiger partial charge in [-0.1, -0.05) is 0 Å². The minimum Gasteiger partial charge on any atom is -0.476 e. The van der Waals surface area contributed by atoms with Crippen LogP contribution in [0.25, 0.3) is 0 Å². The molecule has 0 saturated carbocycles. The predicted molar refractivity (Wildman–Crippen MR) is 73.4 cm³/mol. The summed E-state index contributed by atoms with van der Waals surface area (Å²) in [6.07, 6.45) is 0. The van der Waals surface area contributed by atoms with Gasteiger partial charge in [-0.2, -0.15) is 0 Å². The van der Waals surface area contributed by atoms with E-state index >= 15 is 0 Å². The van der Waals surface area contributed by atoms with Crippen LogP contribution in [-0.2, 0) is 10.0 Å². The molecule has 20 heavy (non-hydrogen) atoms. The van der Waals surface area contributed by atoms with E-state index in [-0.39, 0.29) is 17.3 Å². The van der Waals surface area contributed by atoms with E-state index in [1.807, 2.05) is 0 Å². The Kier molecular flexibility index (Phi) is 5.21. The molecule has 0 aliphatic rings. The van der Waals surface area contributed by atoms with E-state index in [0.717, 1.165) is 5.51 Å². The number of aliphatic hydroxyl groups is 1. The maximum atomic E-state index is 12.0. The number of carbonyl (C=O) groups is 1. The first-order chi connectivity index (χ1) is 9.05. The summed E-state index contributed by atoms with van der Waals surface area (Å²) in [6.45, 7) is 1.51. The third-order valence-corrected chi connectivity index (χ3v) is 5.05. The Morgan fingerprint density at radius 2 is 2.15 bits per heavy atom. The lowest BCUT2D eigenvalue weighted by molar-refractivity contribution is 0.0386. The van der Waals surface area contributed by atoms with Crippen molar-refractivity contribution in [3.63, 3.8) is 0 Å². The number of thiazole rings is 1. The Balaban J connectivity index is 2.86. The lowest BCUT2D eigenvalue weighted by Gasteiger charge is -2.26. The topological polar surface area (TPSA) is 120 Å². The highest BCUT2D eigenvalue weighted by molar-refractivity contribution is 7.91. The standard InChI is InChI=1S/C10H17N3O5S2/c1-10(16,5-13(2)3)4-12-20(17,18)9-7(8(14)15)11-6-19-9/h6,12,16H,4-5H2,1-3H3,(H,14,15). The molecule has 0 radical (unpaired) electrons. The fraction of sp³-hybridized carbons (Fsp3) is 0.600. The number of hydrogen-bond donors (Lipinski definition) is 3. The largest absolute Gasteiger partial charge is 0.476 e. The van der Waals surface area contributed by atoms with Gasteiger partial charge in [0.15, 0.2) is 9.90 Å². The second-order valence-electron chi connectivity index (χ2n) is 4.85. The van der Waals surface area contributed by atoms with Crippen molar-refractivity contribution in [2.24, 2.45) is 0 Å². The summed E-state index contributed by atoms with van der Waals surface area (Å²) in [6, 6.07) is 0. The number of carboxylic acid groups (broad SMARTS) is 1. The minimum absolute atomic E-state index is 0.232. The van der Waals surface area contributed by atoms with Crippen molar-refractivity contribution in [2.75, 3.05) is 27.2 Å². The molecular weight excluding hydrogens is 306 g/mol. The Morgan fingerprint density at radius 1 is 1.55 bits per heavy atom. The Bertz CT molecular complexity index is 579. The summed E-state index contributed by atoms with van der Waals surface area (Å²) in [5.41, 5.74) is -0.643. The molecule has 1 heterocycles. The van der Waals surface area contributed by atoms with E-state index in [2.05, 4.69) is 9.71 Å². The number of aromatic nitrogens is 1. The molecule has 0 aliphatic heterocycles. The molecule has 3 N–H and O–H groups in total. The van der Waals surface area contributed by atoms with E-state index in [1.165, 1.54) is 6.92 Å². The van der Waals surface area contributed by atoms with Crippen LogP contribution < -0.4 is 4.72 Å². The predicted octanol–water partition coefficient (Wildman–Crippen LogP) is -0.568. The number of nitrogens with one attached hydrogen (secondary N) is 1. The van der Waals surface area contributed by atoms with Gasteiger partial charge in [0, 0.05) is 13.1 Å². The van der Waals surface area contributed by atoms with Crippen LogP contribution in [0.3, 0.4) is 0 Å². The third kappa shape index (κ3) is 4.49. The van der Waals surface area contributed by atoms with Gasteiger partial charge in [0.25, 0.3) is 10.0 Å². The van der Waals surface area contributed by atoms with Gasteiger partial charge < -0.3 is 15.1 Å². The van der Waals surface area contributed by atoms with Crippen LogP contribution in [0.1, 0.15) is 17.4 Å². The molecule has 0 spiro atoms. The molecule has 0 fully saturated rings. The number of rotatable bonds is 7. The fourth-order valence-corrected chi connectivity index (χ4v) is 3.97. The van der Waals surface area contributed by atoms with Gasteiger partial charge in [-0.25, -0.2) is 22.9 Å². The van der Waals surface area contributed by atoms with Crippen molar-refractivity contribution >= 4 is 27.3 Å². The average molecular weight is 323 g/mol. The molecule has 1 rings (SSSR count). The summed E-state index contributed by atoms with van der Waals surface area (Å²) in [7, 11) is -0.525. The minimum atomic E-state index is -4.01. The number of aromatic carboxylic acids is 1. The number of hydrogen-bond acceptors (Lipinski definition) is 7. The maximum Gasteiger partial charge on any atom is 0.356 e. The van der Waals surface area contributed by atoms with Gasteiger partial charge in [0.05, 0.1) is 11.1 Å². The highest BCUT2D eigenvalue weighted by atomic mass is 32.2. The molecule has 0 aromatic carbocycles. The molecule has 1 atom stereocenters. The molecular formula is C10H17N3O5S2. The van der Waals surface area contributed by atoms with Crippen molar-refractivity contribution in [1.29, 1.82) is 0 Å². The zero-order chi connectivity index (χ0) is 15.6. The van der Waals surface area contributed by atoms with Crippen LogP contribution in [0.15, 0.2) is 9.72 Å². The molecule has 1 unspecified atom stereocenters. The summed E-state index contributed by atoms with van der Waals surface area (Å²) in [4.78, 5) is 16.1. The van der Waals surface area contributed by atoms with Crippen LogP contribution in [0, 0.1) is 0 Å². The molecule has 0 amide bonds. The monoisotopic (exact) mass is 323 g/mol. The number of sulfonamides is 1. The zero-order valence-corrected chi connectivity index (χ0v) is 13.0. The maximum absolute atomic E-state index is 12.0. The second kappa shape index (κ2) is 6.14.